The van der Waals surface area contributed by atoms with Crippen LogP contribution in [-0.2, 0) is 23.5 Å². The van der Waals surface area contributed by atoms with Gasteiger partial charge in [-0.05, 0) is 12.0 Å². The van der Waals surface area contributed by atoms with E-state index in [1.54, 1.807) is 0 Å². The normalized spacial score (nSPS) is 15.2. The molecule has 8 heteroatoms. The maximum absolute atomic E-state index is 10.7. The summed E-state index contributed by atoms with van der Waals surface area (Å²) in [7, 11) is -10.7. The van der Waals surface area contributed by atoms with Crippen molar-refractivity contribution in [3.05, 3.63) is 60.2 Å². The van der Waals surface area contributed by atoms with Crippen LogP contribution in [0.1, 0.15) is 25.3 Å². The molecule has 0 nitrogen and oxygen atoms in total. The van der Waals surface area contributed by atoms with E-state index in [4.69, 9.17) is 0 Å². The van der Waals surface area contributed by atoms with Crippen LogP contribution in [0.5, 0.6) is 0 Å². The minimum absolute atomic E-state index is 0. The van der Waals surface area contributed by atoms with Crippen molar-refractivity contribution in [1.29, 1.82) is 0 Å². The topological polar surface area (TPSA) is 0 Å². The zero-order valence-electron chi connectivity index (χ0n) is 11.8. The molecule has 2 rings (SSSR count). The Morgan fingerprint density at radius 1 is 1.00 bits per heavy atom. The molecule has 0 heterocycles. The summed E-state index contributed by atoms with van der Waals surface area (Å²) in [6, 6.07) is 10.6. The van der Waals surface area contributed by atoms with Gasteiger partial charge in [0.1, 0.15) is 0 Å². The molecule has 22 heavy (non-hydrogen) atoms. The van der Waals surface area contributed by atoms with Crippen molar-refractivity contribution in [2.24, 2.45) is 0 Å². The number of rotatable bonds is 2. The Hall–Kier alpha value is -0.771. The molecular weight excluding hydrogens is 369 g/mol. The number of halogens is 6. The van der Waals surface area contributed by atoms with Gasteiger partial charge in [-0.1, -0.05) is 43.7 Å². The van der Waals surface area contributed by atoms with E-state index in [-0.39, 0.29) is 17.1 Å². The van der Waals surface area contributed by atoms with E-state index in [1.807, 2.05) is 12.2 Å². The summed E-state index contributed by atoms with van der Waals surface area (Å²) in [4.78, 5) is 0. The van der Waals surface area contributed by atoms with Gasteiger partial charge in [-0.3, -0.25) is 6.08 Å². The molecule has 1 aromatic carbocycles. The van der Waals surface area contributed by atoms with E-state index in [0.717, 1.165) is 6.42 Å². The van der Waals surface area contributed by atoms with E-state index in [1.165, 1.54) is 18.4 Å². The van der Waals surface area contributed by atoms with Crippen LogP contribution in [0.15, 0.2) is 48.6 Å². The summed E-state index contributed by atoms with van der Waals surface area (Å²) in [5, 5.41) is 0. The molecule has 1 aliphatic carbocycles. The predicted octanol–water partition coefficient (Wildman–Crippen LogP) is 7.32. The quantitative estimate of drug-likeness (QED) is 0.216. The zero-order chi connectivity index (χ0) is 16.5. The molecule has 1 aromatic rings. The Labute approximate surface area is 137 Å². The van der Waals surface area contributed by atoms with Gasteiger partial charge in [0, 0.05) is 17.1 Å². The molecule has 0 saturated heterocycles. The van der Waals surface area contributed by atoms with Crippen LogP contribution in [0.25, 0.3) is 0 Å². The Bertz CT molecular complexity index is 443. The second-order valence-electron chi connectivity index (χ2n) is 4.20. The fourth-order valence-corrected chi connectivity index (χ4v) is 1.27. The first-order valence-electron chi connectivity index (χ1n) is 6.20. The van der Waals surface area contributed by atoms with E-state index in [0.29, 0.717) is 0 Å². The second kappa shape index (κ2) is 8.76. The summed E-state index contributed by atoms with van der Waals surface area (Å²) in [5.74, 6) is 0. The van der Waals surface area contributed by atoms with Crippen LogP contribution < -0.4 is 0 Å². The summed E-state index contributed by atoms with van der Waals surface area (Å²) < 4.78 is 59.2. The van der Waals surface area contributed by atoms with Crippen molar-refractivity contribution < 1.29 is 42.3 Å². The van der Waals surface area contributed by atoms with Gasteiger partial charge in [-0.25, -0.2) is 12.2 Å². The third-order valence-electron chi connectivity index (χ3n) is 1.97. The summed E-state index contributed by atoms with van der Waals surface area (Å²) in [6.45, 7) is 2.20. The molecule has 1 aliphatic rings. The average molecular weight is 386 g/mol. The maximum atomic E-state index is 9.87. The minimum atomic E-state index is -10.7. The van der Waals surface area contributed by atoms with Gasteiger partial charge in [0.25, 0.3) is 0 Å². The van der Waals surface area contributed by atoms with E-state index in [9.17, 15) is 25.2 Å². The number of allylic oxidation sites excluding steroid dienone is 4. The SMILES string of the molecule is CCCc1ccccc1.F[P-](F)(F)(F)(F)F.[C-]1=CC=CC1.[Fe]. The standard InChI is InChI=1S/C9H12.C5H5.F6P.Fe/c1-2-6-9-7-4-3-5-8-9;1-2-4-5-3-1;1-7(2,3,4,5)6;/h3-5,7-8H,2,6H2,1H3;1-3H,4H2;;/q;2*-1;. The third kappa shape index (κ3) is 27.6. The van der Waals surface area contributed by atoms with Crippen molar-refractivity contribution in [2.45, 2.75) is 26.2 Å². The van der Waals surface area contributed by atoms with Crippen LogP contribution >= 0.6 is 7.81 Å². The molecule has 0 N–H and O–H groups in total. The molecule has 0 fully saturated rings. The molecule has 0 spiro atoms. The van der Waals surface area contributed by atoms with Crippen molar-refractivity contribution in [1.82, 2.24) is 0 Å². The van der Waals surface area contributed by atoms with Crippen LogP contribution in [0, 0.1) is 6.08 Å². The molecule has 0 saturated carbocycles. The van der Waals surface area contributed by atoms with Crippen LogP contribution in [0.2, 0.25) is 0 Å². The Balaban J connectivity index is 0. The average Bonchev–Trinajstić information content (AvgIpc) is 2.85. The second-order valence-corrected chi connectivity index (χ2v) is 6.11. The molecule has 130 valence electrons. The zero-order valence-corrected chi connectivity index (χ0v) is 13.8. The van der Waals surface area contributed by atoms with Gasteiger partial charge in [0.2, 0.25) is 0 Å². The largest absolute Gasteiger partial charge is 0.273 e. The number of hydrogen-bond donors (Lipinski definition) is 0. The molecule has 0 bridgehead atoms. The summed E-state index contributed by atoms with van der Waals surface area (Å²) in [5.41, 5.74) is 1.44. The van der Waals surface area contributed by atoms with Crippen molar-refractivity contribution in [3.8, 4) is 0 Å². The van der Waals surface area contributed by atoms with Crippen LogP contribution in [-0.4, -0.2) is 0 Å². The van der Waals surface area contributed by atoms with Gasteiger partial charge in [-0.15, -0.1) is 6.42 Å². The van der Waals surface area contributed by atoms with Gasteiger partial charge in [0.15, 0.2) is 0 Å². The molecule has 0 unspecified atom stereocenters. The van der Waals surface area contributed by atoms with Crippen molar-refractivity contribution >= 4 is 7.81 Å². The smallest absolute Gasteiger partial charge is 0 e. The van der Waals surface area contributed by atoms with Gasteiger partial charge < -0.3 is 0 Å². The number of aryl methyl sites for hydroxylation is 1. The fourth-order valence-electron chi connectivity index (χ4n) is 1.27. The molecule has 0 atom stereocenters. The number of hydrogen-bond acceptors (Lipinski definition) is 0. The van der Waals surface area contributed by atoms with Gasteiger partial charge in [0.05, 0.1) is 0 Å². The van der Waals surface area contributed by atoms with Crippen molar-refractivity contribution in [2.75, 3.05) is 0 Å². The number of benzene rings is 1. The molecule has 0 radical (unpaired) electrons. The summed E-state index contributed by atoms with van der Waals surface area (Å²) >= 11 is 0. The minimum Gasteiger partial charge on any atom is -0.273 e. The van der Waals surface area contributed by atoms with E-state index in [2.05, 4.69) is 49.4 Å². The van der Waals surface area contributed by atoms with Crippen molar-refractivity contribution in [3.63, 3.8) is 0 Å². The molecule has 0 amide bonds. The Kier molecular flexibility index (Phi) is 9.35. The molecular formula is C14H17F6FeP-2. The Morgan fingerprint density at radius 2 is 1.50 bits per heavy atom. The summed E-state index contributed by atoms with van der Waals surface area (Å²) in [6.07, 6.45) is 12.4. The first-order chi connectivity index (χ1) is 9.38. The van der Waals surface area contributed by atoms with E-state index < -0.39 is 7.81 Å². The maximum Gasteiger partial charge on any atom is 0 e. The fraction of sp³-hybridized carbons (Fsp3) is 0.286. The molecule has 0 aliphatic heterocycles. The van der Waals surface area contributed by atoms with Gasteiger partial charge >= 0.3 is 33.0 Å². The Morgan fingerprint density at radius 3 is 1.77 bits per heavy atom. The third-order valence-corrected chi connectivity index (χ3v) is 1.97. The van der Waals surface area contributed by atoms with Crippen LogP contribution in [0.3, 0.4) is 0 Å². The van der Waals surface area contributed by atoms with E-state index >= 15 is 0 Å². The van der Waals surface area contributed by atoms with Gasteiger partial charge in [-0.2, -0.15) is 6.08 Å². The first kappa shape index (κ1) is 23.5. The molecule has 0 aromatic heterocycles. The first-order valence-corrected chi connectivity index (χ1v) is 8.23. The van der Waals surface area contributed by atoms with Crippen LogP contribution in [0.4, 0.5) is 25.2 Å². The predicted molar refractivity (Wildman–Crippen MR) is 75.6 cm³/mol. The monoisotopic (exact) mass is 386 g/mol.